The van der Waals surface area contributed by atoms with E-state index in [0.717, 1.165) is 22.8 Å². The van der Waals surface area contributed by atoms with Crippen LogP contribution in [0.4, 0.5) is 13.2 Å². The molecule has 0 amide bonds. The van der Waals surface area contributed by atoms with Crippen LogP contribution in [0.2, 0.25) is 0 Å². The molecule has 0 aromatic carbocycles. The van der Waals surface area contributed by atoms with Crippen molar-refractivity contribution >= 4 is 17.3 Å². The second-order valence-electron chi connectivity index (χ2n) is 3.38. The van der Waals surface area contributed by atoms with Crippen molar-refractivity contribution in [3.63, 3.8) is 0 Å². The molecule has 5 nitrogen and oxygen atoms in total. The lowest BCUT2D eigenvalue weighted by atomic mass is 10.3. The molecular weight excluding hydrogens is 271 g/mol. The van der Waals surface area contributed by atoms with Crippen LogP contribution in [-0.2, 0) is 6.18 Å². The Balaban J connectivity index is 2.53. The van der Waals surface area contributed by atoms with Gasteiger partial charge in [0.2, 0.25) is 5.13 Å². The molecule has 0 aliphatic rings. The first-order valence-electron chi connectivity index (χ1n) is 4.60. The normalized spacial score (nSPS) is 11.8. The number of hydrogen-bond donors (Lipinski definition) is 0. The predicted octanol–water partition coefficient (Wildman–Crippen LogP) is 1.02. The van der Waals surface area contributed by atoms with Crippen LogP contribution in [0.25, 0.3) is 5.13 Å². The second-order valence-corrected chi connectivity index (χ2v) is 4.22. The lowest BCUT2D eigenvalue weighted by molar-refractivity contribution is -0.255. The quantitative estimate of drug-likeness (QED) is 0.821. The van der Waals surface area contributed by atoms with Gasteiger partial charge in [-0.2, -0.15) is 18.3 Å². The summed E-state index contributed by atoms with van der Waals surface area (Å²) in [7, 11) is 0. The van der Waals surface area contributed by atoms with Gasteiger partial charge >= 0.3 is 6.18 Å². The average Bonchev–Trinajstić information content (AvgIpc) is 2.81. The number of aryl methyl sites for hydroxylation is 1. The fraction of sp³-hybridized carbons (Fsp3) is 0.222. The Morgan fingerprint density at radius 2 is 2.17 bits per heavy atom. The number of aromatic nitrogens is 3. The molecule has 96 valence electrons. The van der Waals surface area contributed by atoms with E-state index in [9.17, 15) is 23.1 Å². The van der Waals surface area contributed by atoms with E-state index < -0.39 is 23.5 Å². The van der Waals surface area contributed by atoms with Gasteiger partial charge in [0.05, 0.1) is 17.4 Å². The highest BCUT2D eigenvalue weighted by Crippen LogP contribution is 2.32. The van der Waals surface area contributed by atoms with Gasteiger partial charge in [-0.05, 0) is 13.0 Å². The van der Waals surface area contributed by atoms with E-state index in [2.05, 4.69) is 10.1 Å². The van der Waals surface area contributed by atoms with Gasteiger partial charge in [0.25, 0.3) is 0 Å². The summed E-state index contributed by atoms with van der Waals surface area (Å²) in [6.45, 7) is 1.40. The molecule has 2 aromatic heterocycles. The van der Waals surface area contributed by atoms with Crippen molar-refractivity contribution in [1.82, 2.24) is 14.8 Å². The summed E-state index contributed by atoms with van der Waals surface area (Å²) in [5.74, 6) is -1.55. The topological polar surface area (TPSA) is 70.8 Å². The second kappa shape index (κ2) is 4.09. The van der Waals surface area contributed by atoms with Crippen LogP contribution in [0.5, 0.6) is 0 Å². The summed E-state index contributed by atoms with van der Waals surface area (Å²) >= 11 is 0.743. The average molecular weight is 276 g/mol. The Labute approximate surface area is 103 Å². The first kappa shape index (κ1) is 12.6. The van der Waals surface area contributed by atoms with Gasteiger partial charge in [-0.3, -0.25) is 0 Å². The molecule has 0 N–H and O–H groups in total. The maximum absolute atomic E-state index is 12.7. The smallest absolute Gasteiger partial charge is 0.433 e. The third-order valence-corrected chi connectivity index (χ3v) is 2.82. The van der Waals surface area contributed by atoms with Gasteiger partial charge in [0.15, 0.2) is 5.69 Å². The van der Waals surface area contributed by atoms with Gasteiger partial charge in [-0.15, -0.1) is 11.3 Å². The molecule has 0 unspecified atom stereocenters. The molecule has 0 bridgehead atoms. The molecule has 9 heteroatoms. The van der Waals surface area contributed by atoms with Crippen molar-refractivity contribution in [3.05, 3.63) is 28.5 Å². The number of carbonyl (C=O) groups is 1. The summed E-state index contributed by atoms with van der Waals surface area (Å²) in [5.41, 5.74) is -1.26. The Hall–Kier alpha value is -1.90. The van der Waals surface area contributed by atoms with Crippen LogP contribution in [0.1, 0.15) is 21.9 Å². The highest BCUT2D eigenvalue weighted by Gasteiger charge is 2.36. The van der Waals surface area contributed by atoms with E-state index in [0.29, 0.717) is 4.68 Å². The molecule has 0 radical (unpaired) electrons. The summed E-state index contributed by atoms with van der Waals surface area (Å²) in [6, 6.07) is 0.861. The van der Waals surface area contributed by atoms with E-state index in [1.165, 1.54) is 6.92 Å². The van der Waals surface area contributed by atoms with Crippen LogP contribution in [0, 0.1) is 6.92 Å². The SMILES string of the molecule is Cc1cc(C(F)(F)F)n(-c2nc(C(=O)[O-])cs2)n1. The number of nitrogens with zero attached hydrogens (tertiary/aromatic N) is 3. The Morgan fingerprint density at radius 1 is 1.50 bits per heavy atom. The lowest BCUT2D eigenvalue weighted by Gasteiger charge is -2.07. The molecule has 0 aliphatic carbocycles. The largest absolute Gasteiger partial charge is 0.543 e. The van der Waals surface area contributed by atoms with Gasteiger partial charge in [0, 0.05) is 5.38 Å². The number of aromatic carboxylic acids is 1. The van der Waals surface area contributed by atoms with Crippen molar-refractivity contribution in [1.29, 1.82) is 0 Å². The highest BCUT2D eigenvalue weighted by atomic mass is 32.1. The zero-order valence-electron chi connectivity index (χ0n) is 8.85. The lowest BCUT2D eigenvalue weighted by Crippen LogP contribution is -2.22. The third kappa shape index (κ3) is 2.21. The number of carbonyl (C=O) groups excluding carboxylic acids is 1. The van der Waals surface area contributed by atoms with E-state index in [4.69, 9.17) is 0 Å². The van der Waals surface area contributed by atoms with Crippen LogP contribution in [-0.4, -0.2) is 20.7 Å². The van der Waals surface area contributed by atoms with Gasteiger partial charge in [-0.25, -0.2) is 9.67 Å². The standard InChI is InChI=1S/C9H6F3N3O2S/c1-4-2-6(9(10,11)12)15(14-4)8-13-5(3-18-8)7(16)17/h2-3H,1H3,(H,16,17)/p-1. The Kier molecular flexibility index (Phi) is 2.85. The molecule has 0 atom stereocenters. The van der Waals surface area contributed by atoms with Gasteiger partial charge < -0.3 is 9.90 Å². The molecule has 18 heavy (non-hydrogen) atoms. The number of thiazole rings is 1. The highest BCUT2D eigenvalue weighted by molar-refractivity contribution is 7.12. The van der Waals surface area contributed by atoms with E-state index >= 15 is 0 Å². The summed E-state index contributed by atoms with van der Waals surface area (Å²) in [5, 5.41) is 15.1. The number of hydrogen-bond acceptors (Lipinski definition) is 5. The van der Waals surface area contributed by atoms with Gasteiger partial charge in [-0.1, -0.05) is 0 Å². The maximum Gasteiger partial charge on any atom is 0.433 e. The summed E-state index contributed by atoms with van der Waals surface area (Å²) in [4.78, 5) is 14.0. The number of rotatable bonds is 2. The molecular formula is C9H5F3N3O2S-. The number of carboxylic acid groups (broad SMARTS) is 1. The first-order chi connectivity index (χ1) is 8.29. The Morgan fingerprint density at radius 3 is 2.67 bits per heavy atom. The molecule has 0 spiro atoms. The minimum Gasteiger partial charge on any atom is -0.543 e. The van der Waals surface area contributed by atoms with Crippen LogP contribution < -0.4 is 5.11 Å². The molecule has 2 aromatic rings. The minimum atomic E-state index is -4.59. The maximum atomic E-state index is 12.7. The third-order valence-electron chi connectivity index (χ3n) is 2.00. The summed E-state index contributed by atoms with van der Waals surface area (Å²) in [6.07, 6.45) is -4.59. The summed E-state index contributed by atoms with van der Waals surface area (Å²) < 4.78 is 38.7. The molecule has 0 saturated carbocycles. The van der Waals surface area contributed by atoms with E-state index in [1.807, 2.05) is 0 Å². The zero-order chi connectivity index (χ0) is 13.5. The van der Waals surface area contributed by atoms with Crippen molar-refractivity contribution in [2.24, 2.45) is 0 Å². The van der Waals surface area contributed by atoms with Crippen LogP contribution in [0.15, 0.2) is 11.4 Å². The molecule has 0 aliphatic heterocycles. The van der Waals surface area contributed by atoms with Crippen LogP contribution >= 0.6 is 11.3 Å². The van der Waals surface area contributed by atoms with E-state index in [-0.39, 0.29) is 10.8 Å². The van der Waals surface area contributed by atoms with Crippen molar-refractivity contribution in [3.8, 4) is 5.13 Å². The predicted molar refractivity (Wildman–Crippen MR) is 53.3 cm³/mol. The Bertz CT molecular complexity index is 602. The number of halogens is 3. The number of alkyl halides is 3. The monoisotopic (exact) mass is 276 g/mol. The van der Waals surface area contributed by atoms with Gasteiger partial charge in [0.1, 0.15) is 0 Å². The molecule has 0 saturated heterocycles. The molecule has 2 rings (SSSR count). The van der Waals surface area contributed by atoms with Crippen molar-refractivity contribution < 1.29 is 23.1 Å². The fourth-order valence-electron chi connectivity index (χ4n) is 1.30. The zero-order valence-corrected chi connectivity index (χ0v) is 9.67. The minimum absolute atomic E-state index is 0.160. The van der Waals surface area contributed by atoms with Crippen molar-refractivity contribution in [2.75, 3.05) is 0 Å². The fourth-order valence-corrected chi connectivity index (χ4v) is 2.06. The van der Waals surface area contributed by atoms with E-state index in [1.54, 1.807) is 0 Å². The molecule has 0 fully saturated rings. The molecule has 2 heterocycles. The van der Waals surface area contributed by atoms with Crippen LogP contribution in [0.3, 0.4) is 0 Å². The number of carboxylic acids is 1. The first-order valence-corrected chi connectivity index (χ1v) is 5.48. The van der Waals surface area contributed by atoms with Crippen molar-refractivity contribution in [2.45, 2.75) is 13.1 Å².